The fourth-order valence-electron chi connectivity index (χ4n) is 2.73. The monoisotopic (exact) mass is 428 g/mol. The van der Waals surface area contributed by atoms with Crippen molar-refractivity contribution in [2.45, 2.75) is 25.3 Å². The molecule has 150 valence electrons. The minimum Gasteiger partial charge on any atom is -0.348 e. The van der Waals surface area contributed by atoms with E-state index in [1.165, 1.54) is 24.3 Å². The van der Waals surface area contributed by atoms with E-state index in [2.05, 4.69) is 10.0 Å². The van der Waals surface area contributed by atoms with Gasteiger partial charge in [-0.3, -0.25) is 9.52 Å². The zero-order valence-corrected chi connectivity index (χ0v) is 17.6. The predicted octanol–water partition coefficient (Wildman–Crippen LogP) is 4.69. The Morgan fingerprint density at radius 3 is 2.21 bits per heavy atom. The maximum atomic E-state index is 12.5. The number of carbonyl (C=O) groups excluding carboxylic acids is 1. The summed E-state index contributed by atoms with van der Waals surface area (Å²) in [4.78, 5) is 12.5. The molecule has 1 amide bonds. The minimum absolute atomic E-state index is 0.112. The third-order valence-corrected chi connectivity index (χ3v) is 6.06. The lowest BCUT2D eigenvalue weighted by atomic mass is 10.1. The van der Waals surface area contributed by atoms with E-state index in [1.54, 1.807) is 25.1 Å². The molecule has 0 radical (unpaired) electrons. The smallest absolute Gasteiger partial charge is 0.261 e. The van der Waals surface area contributed by atoms with Crippen molar-refractivity contribution < 1.29 is 13.2 Å². The van der Waals surface area contributed by atoms with E-state index in [9.17, 15) is 13.2 Å². The fraction of sp³-hybridized carbons (Fsp3) is 0.136. The highest BCUT2D eigenvalue weighted by molar-refractivity contribution is 7.92. The van der Waals surface area contributed by atoms with Crippen molar-refractivity contribution in [1.82, 2.24) is 5.32 Å². The molecule has 0 aromatic heterocycles. The zero-order chi connectivity index (χ0) is 21.0. The number of hydrogen-bond donors (Lipinski definition) is 2. The molecular weight excluding hydrogens is 408 g/mol. The first-order chi connectivity index (χ1) is 13.7. The molecule has 0 fully saturated rings. The summed E-state index contributed by atoms with van der Waals surface area (Å²) in [5, 5.41) is 3.33. The Bertz CT molecular complexity index is 1130. The van der Waals surface area contributed by atoms with Crippen LogP contribution in [0.15, 0.2) is 71.6 Å². The van der Waals surface area contributed by atoms with Crippen LogP contribution >= 0.6 is 11.6 Å². The standard InChI is InChI=1S/C22H21ClN2O3S/c1-15-3-5-17(6-4-15)14-24-22(26)18-7-12-21(16(2)13-18)25-29(27,28)20-10-8-19(23)9-11-20/h3-13,25H,14H2,1-2H3,(H,24,26). The van der Waals surface area contributed by atoms with Crippen LogP contribution in [0, 0.1) is 13.8 Å². The van der Waals surface area contributed by atoms with Crippen molar-refractivity contribution in [2.75, 3.05) is 4.72 Å². The summed E-state index contributed by atoms with van der Waals surface area (Å²) >= 11 is 5.81. The normalized spacial score (nSPS) is 11.1. The summed E-state index contributed by atoms with van der Waals surface area (Å²) in [6, 6.07) is 18.7. The van der Waals surface area contributed by atoms with Gasteiger partial charge in [0.25, 0.3) is 15.9 Å². The van der Waals surface area contributed by atoms with Crippen LogP contribution in [0.1, 0.15) is 27.0 Å². The van der Waals surface area contributed by atoms with Crippen LogP contribution in [-0.2, 0) is 16.6 Å². The van der Waals surface area contributed by atoms with Crippen LogP contribution in [0.5, 0.6) is 0 Å². The van der Waals surface area contributed by atoms with Crippen LogP contribution in [0.4, 0.5) is 5.69 Å². The van der Waals surface area contributed by atoms with Gasteiger partial charge in [-0.2, -0.15) is 0 Å². The number of aryl methyl sites for hydroxylation is 2. The molecule has 0 bridgehead atoms. The molecule has 3 rings (SSSR count). The molecule has 7 heteroatoms. The van der Waals surface area contributed by atoms with Crippen LogP contribution in [0.2, 0.25) is 5.02 Å². The maximum Gasteiger partial charge on any atom is 0.261 e. The van der Waals surface area contributed by atoms with Crippen molar-refractivity contribution >= 4 is 33.2 Å². The summed E-state index contributed by atoms with van der Waals surface area (Å²) in [7, 11) is -3.74. The Morgan fingerprint density at radius 2 is 1.59 bits per heavy atom. The Kier molecular flexibility index (Phi) is 6.25. The lowest BCUT2D eigenvalue weighted by Crippen LogP contribution is -2.23. The summed E-state index contributed by atoms with van der Waals surface area (Å²) < 4.78 is 27.6. The summed E-state index contributed by atoms with van der Waals surface area (Å²) in [6.45, 7) is 4.17. The second-order valence-electron chi connectivity index (χ2n) is 6.76. The van der Waals surface area contributed by atoms with Gasteiger partial charge in [0, 0.05) is 17.1 Å². The highest BCUT2D eigenvalue weighted by Gasteiger charge is 2.16. The van der Waals surface area contributed by atoms with Gasteiger partial charge in [-0.25, -0.2) is 8.42 Å². The molecule has 0 atom stereocenters. The van der Waals surface area contributed by atoms with Crippen molar-refractivity contribution in [3.8, 4) is 0 Å². The van der Waals surface area contributed by atoms with E-state index < -0.39 is 10.0 Å². The number of nitrogens with one attached hydrogen (secondary N) is 2. The second kappa shape index (κ2) is 8.68. The Labute approximate surface area is 175 Å². The molecule has 0 saturated carbocycles. The van der Waals surface area contributed by atoms with E-state index in [4.69, 9.17) is 11.6 Å². The highest BCUT2D eigenvalue weighted by atomic mass is 35.5. The Balaban J connectivity index is 1.70. The average molecular weight is 429 g/mol. The topological polar surface area (TPSA) is 75.3 Å². The summed E-state index contributed by atoms with van der Waals surface area (Å²) in [5.74, 6) is -0.221. The van der Waals surface area contributed by atoms with Crippen LogP contribution in [0.25, 0.3) is 0 Å². The number of hydrogen-bond acceptors (Lipinski definition) is 3. The number of anilines is 1. The SMILES string of the molecule is Cc1ccc(CNC(=O)c2ccc(NS(=O)(=O)c3ccc(Cl)cc3)c(C)c2)cc1. The van der Waals surface area contributed by atoms with Gasteiger partial charge in [-0.1, -0.05) is 41.4 Å². The molecule has 2 N–H and O–H groups in total. The largest absolute Gasteiger partial charge is 0.348 e. The van der Waals surface area contributed by atoms with Crippen molar-refractivity contribution in [3.05, 3.63) is 94.0 Å². The lowest BCUT2D eigenvalue weighted by molar-refractivity contribution is 0.0951. The number of rotatable bonds is 6. The molecule has 29 heavy (non-hydrogen) atoms. The molecular formula is C22H21ClN2O3S. The van der Waals surface area contributed by atoms with E-state index >= 15 is 0 Å². The van der Waals surface area contributed by atoms with Crippen molar-refractivity contribution in [1.29, 1.82) is 0 Å². The first-order valence-corrected chi connectivity index (χ1v) is 10.8. The molecule has 3 aromatic rings. The molecule has 0 aliphatic heterocycles. The molecule has 0 aliphatic rings. The van der Waals surface area contributed by atoms with Gasteiger partial charge >= 0.3 is 0 Å². The van der Waals surface area contributed by atoms with Crippen LogP contribution in [-0.4, -0.2) is 14.3 Å². The van der Waals surface area contributed by atoms with Gasteiger partial charge in [0.1, 0.15) is 0 Å². The van der Waals surface area contributed by atoms with E-state index in [-0.39, 0.29) is 10.8 Å². The van der Waals surface area contributed by atoms with Crippen LogP contribution in [0.3, 0.4) is 0 Å². The highest BCUT2D eigenvalue weighted by Crippen LogP contribution is 2.22. The maximum absolute atomic E-state index is 12.5. The molecule has 0 heterocycles. The van der Waals surface area contributed by atoms with Gasteiger partial charge in [-0.05, 0) is 67.4 Å². The van der Waals surface area contributed by atoms with E-state index in [1.807, 2.05) is 31.2 Å². The number of carbonyl (C=O) groups is 1. The quantitative estimate of drug-likeness (QED) is 0.598. The minimum atomic E-state index is -3.74. The van der Waals surface area contributed by atoms with E-state index in [0.717, 1.165) is 11.1 Å². The molecule has 0 spiro atoms. The van der Waals surface area contributed by atoms with Crippen molar-refractivity contribution in [3.63, 3.8) is 0 Å². The Hall–Kier alpha value is -2.83. The molecule has 5 nitrogen and oxygen atoms in total. The van der Waals surface area contributed by atoms with E-state index in [0.29, 0.717) is 28.4 Å². The fourth-order valence-corrected chi connectivity index (χ4v) is 3.98. The van der Waals surface area contributed by atoms with Gasteiger partial charge in [0.15, 0.2) is 0 Å². The summed E-state index contributed by atoms with van der Waals surface area (Å²) in [6.07, 6.45) is 0. The molecule has 0 unspecified atom stereocenters. The number of amides is 1. The van der Waals surface area contributed by atoms with Gasteiger partial charge < -0.3 is 5.32 Å². The zero-order valence-electron chi connectivity index (χ0n) is 16.1. The third-order valence-electron chi connectivity index (χ3n) is 4.43. The van der Waals surface area contributed by atoms with Gasteiger partial charge in [0.05, 0.1) is 10.6 Å². The van der Waals surface area contributed by atoms with Crippen molar-refractivity contribution in [2.24, 2.45) is 0 Å². The third kappa shape index (κ3) is 5.37. The van der Waals surface area contributed by atoms with Crippen LogP contribution < -0.4 is 10.0 Å². The first-order valence-electron chi connectivity index (χ1n) is 8.97. The van der Waals surface area contributed by atoms with Gasteiger partial charge in [0.2, 0.25) is 0 Å². The lowest BCUT2D eigenvalue weighted by Gasteiger charge is -2.12. The molecule has 0 aliphatic carbocycles. The predicted molar refractivity (Wildman–Crippen MR) is 116 cm³/mol. The summed E-state index contributed by atoms with van der Waals surface area (Å²) in [5.41, 5.74) is 3.69. The second-order valence-corrected chi connectivity index (χ2v) is 8.88. The number of sulfonamides is 1. The van der Waals surface area contributed by atoms with Gasteiger partial charge in [-0.15, -0.1) is 0 Å². The first kappa shape index (κ1) is 20.9. The average Bonchev–Trinajstić information content (AvgIpc) is 2.69. The molecule has 0 saturated heterocycles. The molecule has 3 aromatic carbocycles. The number of halogens is 1. The number of benzene rings is 3. The Morgan fingerprint density at radius 1 is 0.931 bits per heavy atom.